The summed E-state index contributed by atoms with van der Waals surface area (Å²) in [6.45, 7) is 6.39. The molecule has 1 rings (SSSR count). The van der Waals surface area contributed by atoms with Gasteiger partial charge in [-0.3, -0.25) is 0 Å². The molecule has 2 nitrogen and oxygen atoms in total. The highest BCUT2D eigenvalue weighted by Crippen LogP contribution is 2.26. The SMILES string of the molecule is CC(C)(C)C(Cl)Cc1ccncn1. The van der Waals surface area contributed by atoms with Crippen LogP contribution in [0.1, 0.15) is 26.5 Å². The van der Waals surface area contributed by atoms with Crippen molar-refractivity contribution in [2.45, 2.75) is 32.6 Å². The van der Waals surface area contributed by atoms with Gasteiger partial charge in [-0.05, 0) is 11.5 Å². The van der Waals surface area contributed by atoms with E-state index < -0.39 is 0 Å². The van der Waals surface area contributed by atoms with Gasteiger partial charge in [0.1, 0.15) is 6.33 Å². The summed E-state index contributed by atoms with van der Waals surface area (Å²) in [7, 11) is 0. The van der Waals surface area contributed by atoms with E-state index in [2.05, 4.69) is 30.7 Å². The molecule has 1 aromatic rings. The van der Waals surface area contributed by atoms with Crippen LogP contribution in [-0.4, -0.2) is 15.3 Å². The smallest absolute Gasteiger partial charge is 0.115 e. The number of halogens is 1. The van der Waals surface area contributed by atoms with Crippen molar-refractivity contribution in [3.05, 3.63) is 24.3 Å². The third-order valence-corrected chi connectivity index (χ3v) is 2.78. The first-order chi connectivity index (χ1) is 6.00. The van der Waals surface area contributed by atoms with E-state index in [4.69, 9.17) is 11.6 Å². The highest BCUT2D eigenvalue weighted by Gasteiger charge is 2.22. The van der Waals surface area contributed by atoms with Gasteiger partial charge in [0.25, 0.3) is 0 Å². The maximum atomic E-state index is 6.23. The topological polar surface area (TPSA) is 25.8 Å². The molecule has 3 heteroatoms. The second kappa shape index (κ2) is 4.05. The molecular formula is C10H15ClN2. The maximum absolute atomic E-state index is 6.23. The summed E-state index contributed by atoms with van der Waals surface area (Å²) in [5.41, 5.74) is 1.12. The number of hydrogen-bond acceptors (Lipinski definition) is 2. The van der Waals surface area contributed by atoms with E-state index in [1.165, 1.54) is 0 Å². The largest absolute Gasteiger partial charge is 0.245 e. The average Bonchev–Trinajstić information content (AvgIpc) is 2.04. The lowest BCUT2D eigenvalue weighted by molar-refractivity contribution is 0.384. The summed E-state index contributed by atoms with van der Waals surface area (Å²) >= 11 is 6.23. The molecule has 72 valence electrons. The summed E-state index contributed by atoms with van der Waals surface area (Å²) in [4.78, 5) is 8.00. The molecule has 13 heavy (non-hydrogen) atoms. The molecule has 0 aromatic carbocycles. The maximum Gasteiger partial charge on any atom is 0.115 e. The van der Waals surface area contributed by atoms with Gasteiger partial charge in [-0.1, -0.05) is 20.8 Å². The van der Waals surface area contributed by atoms with Crippen LogP contribution in [0.2, 0.25) is 0 Å². The first-order valence-electron chi connectivity index (χ1n) is 4.39. The van der Waals surface area contributed by atoms with E-state index in [-0.39, 0.29) is 10.8 Å². The zero-order valence-electron chi connectivity index (χ0n) is 8.29. The first-order valence-corrected chi connectivity index (χ1v) is 4.83. The fourth-order valence-electron chi connectivity index (χ4n) is 0.929. The van der Waals surface area contributed by atoms with Crippen LogP contribution in [0, 0.1) is 5.41 Å². The molecule has 0 N–H and O–H groups in total. The van der Waals surface area contributed by atoms with Gasteiger partial charge in [-0.15, -0.1) is 11.6 Å². The van der Waals surface area contributed by atoms with E-state index >= 15 is 0 Å². The Morgan fingerprint density at radius 3 is 2.62 bits per heavy atom. The van der Waals surface area contributed by atoms with Crippen LogP contribution in [0.25, 0.3) is 0 Å². The van der Waals surface area contributed by atoms with Crippen molar-refractivity contribution < 1.29 is 0 Å². The van der Waals surface area contributed by atoms with E-state index in [0.29, 0.717) is 0 Å². The van der Waals surface area contributed by atoms with Crippen LogP contribution in [-0.2, 0) is 6.42 Å². The molecule has 0 aliphatic rings. The quantitative estimate of drug-likeness (QED) is 0.683. The molecule has 0 spiro atoms. The van der Waals surface area contributed by atoms with Crippen molar-refractivity contribution in [3.63, 3.8) is 0 Å². The molecule has 0 aliphatic heterocycles. The molecule has 1 unspecified atom stereocenters. The summed E-state index contributed by atoms with van der Waals surface area (Å²) < 4.78 is 0. The van der Waals surface area contributed by atoms with Crippen molar-refractivity contribution in [2.24, 2.45) is 5.41 Å². The zero-order chi connectivity index (χ0) is 9.90. The number of hydrogen-bond donors (Lipinski definition) is 0. The summed E-state index contributed by atoms with van der Waals surface area (Å²) in [5, 5.41) is 0.113. The monoisotopic (exact) mass is 198 g/mol. The highest BCUT2D eigenvalue weighted by molar-refractivity contribution is 6.21. The Morgan fingerprint density at radius 1 is 1.46 bits per heavy atom. The van der Waals surface area contributed by atoms with Gasteiger partial charge < -0.3 is 0 Å². The minimum atomic E-state index is 0.113. The Morgan fingerprint density at radius 2 is 2.15 bits per heavy atom. The average molecular weight is 199 g/mol. The van der Waals surface area contributed by atoms with E-state index in [1.807, 2.05) is 6.07 Å². The van der Waals surface area contributed by atoms with Gasteiger partial charge in [-0.25, -0.2) is 9.97 Å². The van der Waals surface area contributed by atoms with Crippen LogP contribution in [0.5, 0.6) is 0 Å². The van der Waals surface area contributed by atoms with Crippen LogP contribution in [0.3, 0.4) is 0 Å². The van der Waals surface area contributed by atoms with Crippen molar-refractivity contribution >= 4 is 11.6 Å². The normalized spacial score (nSPS) is 14.2. The Kier molecular flexibility index (Phi) is 3.26. The standard InChI is InChI=1S/C10H15ClN2/c1-10(2,3)9(11)6-8-4-5-12-7-13-8/h4-5,7,9H,6H2,1-3H3. The summed E-state index contributed by atoms with van der Waals surface area (Å²) in [6.07, 6.45) is 4.10. The van der Waals surface area contributed by atoms with Crippen molar-refractivity contribution in [1.82, 2.24) is 9.97 Å². The predicted molar refractivity (Wildman–Crippen MR) is 54.8 cm³/mol. The Balaban J connectivity index is 2.61. The van der Waals surface area contributed by atoms with Crippen LogP contribution in [0.15, 0.2) is 18.6 Å². The number of aromatic nitrogens is 2. The zero-order valence-corrected chi connectivity index (χ0v) is 9.04. The van der Waals surface area contributed by atoms with Crippen LogP contribution < -0.4 is 0 Å². The van der Waals surface area contributed by atoms with Gasteiger partial charge in [-0.2, -0.15) is 0 Å². The molecule has 0 radical (unpaired) electrons. The molecule has 0 bridgehead atoms. The van der Waals surface area contributed by atoms with Gasteiger partial charge in [0, 0.05) is 23.7 Å². The lowest BCUT2D eigenvalue weighted by Gasteiger charge is -2.24. The number of nitrogens with zero attached hydrogens (tertiary/aromatic N) is 2. The minimum Gasteiger partial charge on any atom is -0.245 e. The molecule has 0 saturated carbocycles. The van der Waals surface area contributed by atoms with Gasteiger partial charge in [0.2, 0.25) is 0 Å². The van der Waals surface area contributed by atoms with Gasteiger partial charge in [0.05, 0.1) is 0 Å². The molecule has 0 amide bonds. The molecule has 1 aromatic heterocycles. The lowest BCUT2D eigenvalue weighted by Crippen LogP contribution is -2.23. The van der Waals surface area contributed by atoms with E-state index in [9.17, 15) is 0 Å². The molecular weight excluding hydrogens is 184 g/mol. The molecule has 0 saturated heterocycles. The Hall–Kier alpha value is -0.630. The fraction of sp³-hybridized carbons (Fsp3) is 0.600. The summed E-state index contributed by atoms with van der Waals surface area (Å²) in [6, 6.07) is 1.90. The molecule has 1 heterocycles. The second-order valence-electron chi connectivity index (χ2n) is 4.24. The van der Waals surface area contributed by atoms with Gasteiger partial charge >= 0.3 is 0 Å². The van der Waals surface area contributed by atoms with Crippen molar-refractivity contribution in [3.8, 4) is 0 Å². The van der Waals surface area contributed by atoms with Crippen LogP contribution >= 0.6 is 11.6 Å². The van der Waals surface area contributed by atoms with Crippen molar-refractivity contribution in [1.29, 1.82) is 0 Å². The van der Waals surface area contributed by atoms with E-state index in [0.717, 1.165) is 12.1 Å². The highest BCUT2D eigenvalue weighted by atomic mass is 35.5. The Labute approximate surface area is 84.4 Å². The molecule has 1 atom stereocenters. The number of alkyl halides is 1. The fourth-order valence-corrected chi connectivity index (χ4v) is 1.09. The molecule has 0 aliphatic carbocycles. The minimum absolute atomic E-state index is 0.113. The number of rotatable bonds is 2. The lowest BCUT2D eigenvalue weighted by atomic mass is 9.89. The third-order valence-electron chi connectivity index (χ3n) is 1.97. The Bertz CT molecular complexity index is 253. The van der Waals surface area contributed by atoms with E-state index in [1.54, 1.807) is 12.5 Å². The third kappa shape index (κ3) is 3.31. The summed E-state index contributed by atoms with van der Waals surface area (Å²) in [5.74, 6) is 0. The predicted octanol–water partition coefficient (Wildman–Crippen LogP) is 2.67. The second-order valence-corrected chi connectivity index (χ2v) is 4.77. The van der Waals surface area contributed by atoms with Crippen molar-refractivity contribution in [2.75, 3.05) is 0 Å². The first kappa shape index (κ1) is 10.5. The van der Waals surface area contributed by atoms with Crippen LogP contribution in [0.4, 0.5) is 0 Å². The molecule has 0 fully saturated rings. The van der Waals surface area contributed by atoms with Gasteiger partial charge in [0.15, 0.2) is 0 Å².